The molecule has 0 aliphatic carbocycles. The fourth-order valence-electron chi connectivity index (χ4n) is 2.91. The molecule has 0 spiro atoms. The third-order valence-electron chi connectivity index (χ3n) is 4.12. The molecule has 1 aromatic rings. The zero-order chi connectivity index (χ0) is 19.9. The van der Waals surface area contributed by atoms with Gasteiger partial charge in [-0.3, -0.25) is 4.99 Å². The number of guanidine groups is 1. The fourth-order valence-corrected chi connectivity index (χ4v) is 2.91. The van der Waals surface area contributed by atoms with E-state index in [9.17, 15) is 9.18 Å². The van der Waals surface area contributed by atoms with E-state index in [4.69, 9.17) is 4.74 Å². The fraction of sp³-hybridized carbons (Fsp3) is 0.600. The number of likely N-dealkylation sites (tertiary alicyclic amines) is 1. The minimum Gasteiger partial charge on any atom is -0.444 e. The van der Waals surface area contributed by atoms with Crippen LogP contribution in [0.3, 0.4) is 0 Å². The van der Waals surface area contributed by atoms with Crippen LogP contribution in [-0.4, -0.2) is 54.8 Å². The van der Waals surface area contributed by atoms with Gasteiger partial charge in [0.2, 0.25) is 0 Å². The maximum atomic E-state index is 13.0. The number of hydrogen-bond donors (Lipinski definition) is 2. The van der Waals surface area contributed by atoms with Gasteiger partial charge in [-0.15, -0.1) is 0 Å². The molecule has 27 heavy (non-hydrogen) atoms. The molecule has 1 amide bonds. The first-order valence-corrected chi connectivity index (χ1v) is 9.54. The number of amides is 1. The Labute approximate surface area is 161 Å². The van der Waals surface area contributed by atoms with Gasteiger partial charge in [0, 0.05) is 26.2 Å². The lowest BCUT2D eigenvalue weighted by Gasteiger charge is -2.23. The number of carbonyl (C=O) groups excluding carboxylic acids is 1. The van der Waals surface area contributed by atoms with Crippen LogP contribution < -0.4 is 10.6 Å². The Bertz CT molecular complexity index is 640. The highest BCUT2D eigenvalue weighted by Crippen LogP contribution is 2.12. The average molecular weight is 378 g/mol. The highest BCUT2D eigenvalue weighted by Gasteiger charge is 2.27. The first kappa shape index (κ1) is 21.0. The van der Waals surface area contributed by atoms with Crippen LogP contribution in [0.5, 0.6) is 0 Å². The highest BCUT2D eigenvalue weighted by atomic mass is 19.1. The predicted molar refractivity (Wildman–Crippen MR) is 105 cm³/mol. The lowest BCUT2D eigenvalue weighted by atomic mass is 10.1. The molecule has 1 saturated heterocycles. The van der Waals surface area contributed by atoms with E-state index in [-0.39, 0.29) is 18.0 Å². The number of alkyl carbamates (subject to hydrolysis) is 1. The molecule has 1 aliphatic heterocycles. The molecule has 0 radical (unpaired) electrons. The summed E-state index contributed by atoms with van der Waals surface area (Å²) in [6.07, 6.45) is 1.22. The molecule has 150 valence electrons. The lowest BCUT2D eigenvalue weighted by molar-refractivity contribution is 0.0507. The molecule has 0 saturated carbocycles. The molecule has 0 bridgehead atoms. The van der Waals surface area contributed by atoms with E-state index < -0.39 is 5.60 Å². The SMILES string of the molecule is CCNC(=NCCc1ccc(F)cc1)N1CCC(NC(=O)OC(C)(C)C)C1. The molecule has 2 rings (SSSR count). The van der Waals surface area contributed by atoms with Crippen molar-refractivity contribution in [1.82, 2.24) is 15.5 Å². The first-order chi connectivity index (χ1) is 12.8. The van der Waals surface area contributed by atoms with Gasteiger partial charge >= 0.3 is 6.09 Å². The minimum atomic E-state index is -0.501. The van der Waals surface area contributed by atoms with E-state index in [2.05, 4.69) is 20.5 Å². The monoisotopic (exact) mass is 378 g/mol. The van der Waals surface area contributed by atoms with Crippen molar-refractivity contribution >= 4 is 12.1 Å². The normalized spacial score (nSPS) is 17.7. The number of ether oxygens (including phenoxy) is 1. The molecule has 6 nitrogen and oxygen atoms in total. The van der Waals surface area contributed by atoms with Crippen LogP contribution in [0.2, 0.25) is 0 Å². The van der Waals surface area contributed by atoms with Gasteiger partial charge in [0.25, 0.3) is 0 Å². The summed E-state index contributed by atoms with van der Waals surface area (Å²) in [4.78, 5) is 18.8. The molecule has 1 heterocycles. The van der Waals surface area contributed by atoms with Gasteiger partial charge in [0.15, 0.2) is 5.96 Å². The molecule has 1 fully saturated rings. The van der Waals surface area contributed by atoms with Crippen molar-refractivity contribution in [3.8, 4) is 0 Å². The molecular weight excluding hydrogens is 347 g/mol. The van der Waals surface area contributed by atoms with E-state index in [1.165, 1.54) is 12.1 Å². The average Bonchev–Trinajstić information content (AvgIpc) is 3.02. The van der Waals surface area contributed by atoms with Crippen molar-refractivity contribution in [3.63, 3.8) is 0 Å². The molecule has 1 atom stereocenters. The number of aliphatic imine (C=N–C) groups is 1. The summed E-state index contributed by atoms with van der Waals surface area (Å²) in [6, 6.07) is 6.55. The molecule has 7 heteroatoms. The lowest BCUT2D eigenvalue weighted by Crippen LogP contribution is -2.44. The van der Waals surface area contributed by atoms with Crippen LogP contribution in [0.4, 0.5) is 9.18 Å². The molecule has 0 aromatic heterocycles. The van der Waals surface area contributed by atoms with Crippen LogP contribution in [-0.2, 0) is 11.2 Å². The second-order valence-electron chi connectivity index (χ2n) is 7.69. The maximum absolute atomic E-state index is 13.0. The van der Waals surface area contributed by atoms with Crippen molar-refractivity contribution in [2.75, 3.05) is 26.2 Å². The van der Waals surface area contributed by atoms with Gasteiger partial charge in [0.05, 0.1) is 6.04 Å². The highest BCUT2D eigenvalue weighted by molar-refractivity contribution is 5.80. The summed E-state index contributed by atoms with van der Waals surface area (Å²) in [5.74, 6) is 0.615. The van der Waals surface area contributed by atoms with Crippen LogP contribution in [0, 0.1) is 5.82 Å². The van der Waals surface area contributed by atoms with Gasteiger partial charge in [-0.1, -0.05) is 12.1 Å². The number of carbonyl (C=O) groups is 1. The number of nitrogens with one attached hydrogen (secondary N) is 2. The van der Waals surface area contributed by atoms with Crippen LogP contribution in [0.1, 0.15) is 39.7 Å². The summed E-state index contributed by atoms with van der Waals surface area (Å²) in [5.41, 5.74) is 0.556. The number of halogens is 1. The number of benzene rings is 1. The summed E-state index contributed by atoms with van der Waals surface area (Å²) >= 11 is 0. The molecule has 1 unspecified atom stereocenters. The predicted octanol–water partition coefficient (Wildman–Crippen LogP) is 2.93. The Kier molecular flexibility index (Phi) is 7.45. The second kappa shape index (κ2) is 9.58. The van der Waals surface area contributed by atoms with Gasteiger partial charge in [-0.05, 0) is 58.2 Å². The number of nitrogens with zero attached hydrogens (tertiary/aromatic N) is 2. The Balaban J connectivity index is 1.86. The summed E-state index contributed by atoms with van der Waals surface area (Å²) in [5, 5.41) is 6.23. The van der Waals surface area contributed by atoms with Crippen molar-refractivity contribution < 1.29 is 13.9 Å². The van der Waals surface area contributed by atoms with Crippen LogP contribution in [0.25, 0.3) is 0 Å². The largest absolute Gasteiger partial charge is 0.444 e. The van der Waals surface area contributed by atoms with Gasteiger partial charge in [-0.2, -0.15) is 0 Å². The molecular formula is C20H31FN4O2. The van der Waals surface area contributed by atoms with E-state index in [0.29, 0.717) is 13.1 Å². The zero-order valence-corrected chi connectivity index (χ0v) is 16.7. The van der Waals surface area contributed by atoms with Crippen molar-refractivity contribution in [1.29, 1.82) is 0 Å². The topological polar surface area (TPSA) is 66.0 Å². The van der Waals surface area contributed by atoms with Gasteiger partial charge in [-0.25, -0.2) is 9.18 Å². The van der Waals surface area contributed by atoms with Gasteiger partial charge < -0.3 is 20.3 Å². The molecule has 2 N–H and O–H groups in total. The molecule has 1 aliphatic rings. The van der Waals surface area contributed by atoms with Crippen molar-refractivity contribution in [2.24, 2.45) is 4.99 Å². The van der Waals surface area contributed by atoms with E-state index in [1.807, 2.05) is 27.7 Å². The quantitative estimate of drug-likeness (QED) is 0.611. The summed E-state index contributed by atoms with van der Waals surface area (Å²) in [6.45, 7) is 10.5. The number of hydrogen-bond acceptors (Lipinski definition) is 3. The molecule has 1 aromatic carbocycles. The van der Waals surface area contributed by atoms with E-state index >= 15 is 0 Å². The van der Waals surface area contributed by atoms with E-state index in [0.717, 1.165) is 37.5 Å². The van der Waals surface area contributed by atoms with E-state index in [1.54, 1.807) is 12.1 Å². The summed E-state index contributed by atoms with van der Waals surface area (Å²) < 4.78 is 18.3. The maximum Gasteiger partial charge on any atom is 0.407 e. The second-order valence-corrected chi connectivity index (χ2v) is 7.69. The Hall–Kier alpha value is -2.31. The van der Waals surface area contributed by atoms with Crippen LogP contribution >= 0.6 is 0 Å². The minimum absolute atomic E-state index is 0.0424. The Morgan fingerprint density at radius 2 is 2.04 bits per heavy atom. The smallest absolute Gasteiger partial charge is 0.407 e. The third-order valence-corrected chi connectivity index (χ3v) is 4.12. The first-order valence-electron chi connectivity index (χ1n) is 9.54. The van der Waals surface area contributed by atoms with Crippen LogP contribution in [0.15, 0.2) is 29.3 Å². The zero-order valence-electron chi connectivity index (χ0n) is 16.7. The Morgan fingerprint density at radius 3 is 2.67 bits per heavy atom. The Morgan fingerprint density at radius 1 is 1.33 bits per heavy atom. The van der Waals surface area contributed by atoms with Crippen molar-refractivity contribution in [2.45, 2.75) is 52.2 Å². The number of rotatable bonds is 5. The third kappa shape index (κ3) is 7.45. The van der Waals surface area contributed by atoms with Crippen molar-refractivity contribution in [3.05, 3.63) is 35.6 Å². The standard InChI is InChI=1S/C20H31FN4O2/c1-5-22-18(23-12-10-15-6-8-16(21)9-7-15)25-13-11-17(14-25)24-19(26)27-20(2,3)4/h6-9,17H,5,10-14H2,1-4H3,(H,22,23)(H,24,26). The van der Waals surface area contributed by atoms with Gasteiger partial charge in [0.1, 0.15) is 11.4 Å². The summed E-state index contributed by atoms with van der Waals surface area (Å²) in [7, 11) is 0.